The van der Waals surface area contributed by atoms with Crippen molar-refractivity contribution in [3.05, 3.63) is 72.1 Å². The largest absolute Gasteiger partial charge is 0.491 e. The molecular weight excluding hydrogens is 523 g/mol. The number of aromatic amines is 1. The third kappa shape index (κ3) is 5.62. The summed E-state index contributed by atoms with van der Waals surface area (Å²) in [6.07, 6.45) is -1.14. The third-order valence-electron chi connectivity index (χ3n) is 6.29. The Morgan fingerprint density at radius 1 is 1.08 bits per heavy atom. The van der Waals surface area contributed by atoms with Gasteiger partial charge in [-0.3, -0.25) is 9.89 Å². The van der Waals surface area contributed by atoms with Gasteiger partial charge < -0.3 is 20.7 Å². The summed E-state index contributed by atoms with van der Waals surface area (Å²) < 4.78 is 73.5. The molecule has 39 heavy (non-hydrogen) atoms. The molecule has 1 amide bonds. The third-order valence-corrected chi connectivity index (χ3v) is 6.29. The molecule has 1 atom stereocenters. The number of hydrogen-bond acceptors (Lipinski definition) is 6. The highest BCUT2D eigenvalue weighted by atomic mass is 19.4. The van der Waals surface area contributed by atoms with Crippen LogP contribution in [0.15, 0.2) is 60.9 Å². The van der Waals surface area contributed by atoms with Gasteiger partial charge in [-0.25, -0.2) is 4.98 Å². The number of pyridine rings is 1. The van der Waals surface area contributed by atoms with Crippen molar-refractivity contribution in [3.8, 4) is 5.75 Å². The fraction of sp³-hybridized carbons (Fsp3) is 0.269. The number of nitrogens with zero attached hydrogens (tertiary/aromatic N) is 2. The predicted molar refractivity (Wildman–Crippen MR) is 134 cm³/mol. The molecule has 0 aliphatic carbocycles. The molecule has 3 heterocycles. The Morgan fingerprint density at radius 3 is 2.67 bits per heavy atom. The molecule has 2 aromatic carbocycles. The summed E-state index contributed by atoms with van der Waals surface area (Å²) in [6.45, 7) is 0.600. The van der Waals surface area contributed by atoms with Gasteiger partial charge in [0.05, 0.1) is 22.8 Å². The van der Waals surface area contributed by atoms with Gasteiger partial charge in [0.2, 0.25) is 0 Å². The SMILES string of the molecule is O=C(Nc1ccc(C(F)(F)C(F)(F)F)c(OC[C@@H]2CCCN2)c1)c1cccnc1Nc1ccc2cn[nH]c2c1. The van der Waals surface area contributed by atoms with Crippen molar-refractivity contribution in [2.75, 3.05) is 23.8 Å². The number of nitrogens with one attached hydrogen (secondary N) is 4. The molecule has 4 N–H and O–H groups in total. The van der Waals surface area contributed by atoms with E-state index in [9.17, 15) is 26.7 Å². The van der Waals surface area contributed by atoms with E-state index >= 15 is 0 Å². The molecule has 1 aliphatic rings. The molecule has 8 nitrogen and oxygen atoms in total. The number of fused-ring (bicyclic) bond motifs is 1. The topological polar surface area (TPSA) is 104 Å². The van der Waals surface area contributed by atoms with E-state index < -0.39 is 29.3 Å². The van der Waals surface area contributed by atoms with Gasteiger partial charge in [0.15, 0.2) is 0 Å². The number of rotatable bonds is 8. The summed E-state index contributed by atoms with van der Waals surface area (Å²) in [7, 11) is 0. The molecule has 0 unspecified atom stereocenters. The van der Waals surface area contributed by atoms with E-state index in [1.807, 2.05) is 6.07 Å². The first-order chi connectivity index (χ1) is 18.6. The average molecular weight is 547 g/mol. The number of H-pyrrole nitrogens is 1. The molecule has 13 heteroatoms. The molecule has 5 rings (SSSR count). The number of hydrogen-bond donors (Lipinski definition) is 4. The molecule has 204 valence electrons. The van der Waals surface area contributed by atoms with E-state index in [-0.39, 0.29) is 29.7 Å². The van der Waals surface area contributed by atoms with Crippen molar-refractivity contribution in [2.24, 2.45) is 0 Å². The minimum absolute atomic E-state index is 0.0233. The number of carbonyl (C=O) groups excluding carboxylic acids is 1. The lowest BCUT2D eigenvalue weighted by Gasteiger charge is -2.24. The minimum Gasteiger partial charge on any atom is -0.491 e. The van der Waals surface area contributed by atoms with E-state index in [0.717, 1.165) is 29.5 Å². The van der Waals surface area contributed by atoms with Crippen molar-refractivity contribution in [1.29, 1.82) is 0 Å². The summed E-state index contributed by atoms with van der Waals surface area (Å²) in [5.41, 5.74) is 0.144. The summed E-state index contributed by atoms with van der Waals surface area (Å²) in [5.74, 6) is -6.27. The van der Waals surface area contributed by atoms with Gasteiger partial charge in [0.1, 0.15) is 18.2 Å². The molecule has 2 aromatic heterocycles. The number of ether oxygens (including phenoxy) is 1. The number of anilines is 3. The zero-order valence-electron chi connectivity index (χ0n) is 20.3. The van der Waals surface area contributed by atoms with Gasteiger partial charge >= 0.3 is 12.1 Å². The number of halogens is 5. The number of alkyl halides is 5. The van der Waals surface area contributed by atoms with Gasteiger partial charge in [-0.15, -0.1) is 0 Å². The second-order valence-electron chi connectivity index (χ2n) is 9.04. The summed E-state index contributed by atoms with van der Waals surface area (Å²) in [4.78, 5) is 17.3. The Balaban J connectivity index is 1.39. The maximum atomic E-state index is 14.3. The Kier molecular flexibility index (Phi) is 7.08. The van der Waals surface area contributed by atoms with Crippen LogP contribution in [0.4, 0.5) is 39.1 Å². The van der Waals surface area contributed by atoms with Crippen molar-refractivity contribution in [3.63, 3.8) is 0 Å². The lowest BCUT2D eigenvalue weighted by molar-refractivity contribution is -0.289. The van der Waals surface area contributed by atoms with Crippen LogP contribution in [0.2, 0.25) is 0 Å². The van der Waals surface area contributed by atoms with E-state index in [0.29, 0.717) is 24.7 Å². The van der Waals surface area contributed by atoms with E-state index in [4.69, 9.17) is 4.74 Å². The first-order valence-corrected chi connectivity index (χ1v) is 12.0. The molecule has 1 aliphatic heterocycles. The normalized spacial score (nSPS) is 15.9. The van der Waals surface area contributed by atoms with Gasteiger partial charge in [-0.05, 0) is 61.9 Å². The lowest BCUT2D eigenvalue weighted by atomic mass is 10.1. The maximum Gasteiger partial charge on any atom is 0.458 e. The highest BCUT2D eigenvalue weighted by Gasteiger charge is 2.60. The van der Waals surface area contributed by atoms with Crippen LogP contribution < -0.4 is 20.7 Å². The first kappa shape index (κ1) is 26.4. The fourth-order valence-electron chi connectivity index (χ4n) is 4.26. The Bertz CT molecular complexity index is 1480. The van der Waals surface area contributed by atoms with Crippen LogP contribution >= 0.6 is 0 Å². The van der Waals surface area contributed by atoms with E-state index in [1.165, 1.54) is 18.3 Å². The predicted octanol–water partition coefficient (Wildman–Crippen LogP) is 5.74. The van der Waals surface area contributed by atoms with Crippen LogP contribution in [0.1, 0.15) is 28.8 Å². The second kappa shape index (κ2) is 10.5. The molecule has 4 aromatic rings. The number of amides is 1. The zero-order chi connectivity index (χ0) is 27.6. The van der Waals surface area contributed by atoms with Crippen LogP contribution in [-0.4, -0.2) is 46.5 Å². The molecule has 1 fully saturated rings. The first-order valence-electron chi connectivity index (χ1n) is 12.0. The van der Waals surface area contributed by atoms with Crippen molar-refractivity contribution in [2.45, 2.75) is 31.0 Å². The van der Waals surface area contributed by atoms with Crippen molar-refractivity contribution >= 4 is 34.0 Å². The van der Waals surface area contributed by atoms with Gasteiger partial charge in [0, 0.05) is 35.1 Å². The molecular formula is C26H23F5N6O2. The minimum atomic E-state index is -5.82. The second-order valence-corrected chi connectivity index (χ2v) is 9.04. The monoisotopic (exact) mass is 546 g/mol. The highest BCUT2D eigenvalue weighted by molar-refractivity contribution is 6.08. The molecule has 0 spiro atoms. The smallest absolute Gasteiger partial charge is 0.458 e. The molecule has 0 saturated carbocycles. The Morgan fingerprint density at radius 2 is 1.90 bits per heavy atom. The van der Waals surface area contributed by atoms with Crippen molar-refractivity contribution < 1.29 is 31.5 Å². The van der Waals surface area contributed by atoms with Crippen molar-refractivity contribution in [1.82, 2.24) is 20.5 Å². The number of benzene rings is 2. The molecule has 1 saturated heterocycles. The average Bonchev–Trinajstić information content (AvgIpc) is 3.59. The van der Waals surface area contributed by atoms with Gasteiger partial charge in [0.25, 0.3) is 5.91 Å². The van der Waals surface area contributed by atoms with E-state index in [2.05, 4.69) is 31.1 Å². The van der Waals surface area contributed by atoms with Crippen LogP contribution in [0.5, 0.6) is 5.75 Å². The summed E-state index contributed by atoms with van der Waals surface area (Å²) >= 11 is 0. The van der Waals surface area contributed by atoms with Crippen LogP contribution in [0.25, 0.3) is 10.9 Å². The summed E-state index contributed by atoms with van der Waals surface area (Å²) in [6, 6.07) is 10.8. The Labute approximate surface area is 219 Å². The highest BCUT2D eigenvalue weighted by Crippen LogP contribution is 2.47. The van der Waals surface area contributed by atoms with Gasteiger partial charge in [-0.1, -0.05) is 0 Å². The summed E-state index contributed by atoms with van der Waals surface area (Å²) in [5, 5.41) is 16.4. The maximum absolute atomic E-state index is 14.3. The van der Waals surface area contributed by atoms with Crippen LogP contribution in [-0.2, 0) is 5.92 Å². The standard InChI is InChI=1S/C26H23F5N6O2/c27-25(28,26(29,30)31)20-8-7-17(12-22(20)39-14-18-3-1-9-32-18)36-24(38)19-4-2-10-33-23(19)35-16-6-5-15-13-34-37-21(15)11-16/h2,4-8,10-13,18,32H,1,3,9,14H2,(H,33,35)(H,34,37)(H,36,38)/t18-/m0/s1. The Hall–Kier alpha value is -4.26. The zero-order valence-corrected chi connectivity index (χ0v) is 20.3. The number of carbonyl (C=O) groups is 1. The van der Waals surface area contributed by atoms with Gasteiger partial charge in [-0.2, -0.15) is 27.1 Å². The van der Waals surface area contributed by atoms with E-state index in [1.54, 1.807) is 18.3 Å². The lowest BCUT2D eigenvalue weighted by Crippen LogP contribution is -2.35. The molecule has 0 bridgehead atoms. The fourth-order valence-corrected chi connectivity index (χ4v) is 4.26. The number of aromatic nitrogens is 3. The van der Waals surface area contributed by atoms with Crippen LogP contribution in [0.3, 0.4) is 0 Å². The van der Waals surface area contributed by atoms with Crippen LogP contribution in [0, 0.1) is 0 Å². The quantitative estimate of drug-likeness (QED) is 0.210. The molecule has 0 radical (unpaired) electrons.